The van der Waals surface area contributed by atoms with Crippen LogP contribution in [0.25, 0.3) is 0 Å². The number of amides is 1. The normalized spacial score (nSPS) is 27.7. The van der Waals surface area contributed by atoms with Gasteiger partial charge >= 0.3 is 0 Å². The molecule has 0 saturated heterocycles. The number of rotatable bonds is 5. The minimum atomic E-state index is -0.331. The molecule has 4 heteroatoms. The van der Waals surface area contributed by atoms with Crippen molar-refractivity contribution in [2.24, 2.45) is 5.73 Å². The van der Waals surface area contributed by atoms with Gasteiger partial charge in [0.15, 0.2) is 0 Å². The number of carbonyl (C=O) groups excluding carboxylic acids is 1. The summed E-state index contributed by atoms with van der Waals surface area (Å²) in [7, 11) is 0. The number of nitrogens with one attached hydrogen (secondary N) is 1. The molecule has 15 heavy (non-hydrogen) atoms. The standard InChI is InChI=1S/C11H22N2OS/c1-3-10(12)11(14)13-8-5-6-9(7-8)15-4-2/h8-10H,3-7,12H2,1-2H3,(H,13,14). The van der Waals surface area contributed by atoms with Gasteiger partial charge in [-0.05, 0) is 31.4 Å². The minimum Gasteiger partial charge on any atom is -0.352 e. The molecular weight excluding hydrogens is 208 g/mol. The first-order chi connectivity index (χ1) is 7.17. The molecule has 1 rings (SSSR count). The quantitative estimate of drug-likeness (QED) is 0.753. The third-order valence-electron chi connectivity index (χ3n) is 2.91. The summed E-state index contributed by atoms with van der Waals surface area (Å²) in [6.45, 7) is 4.12. The van der Waals surface area contributed by atoms with E-state index < -0.39 is 0 Å². The Labute approximate surface area is 96.6 Å². The van der Waals surface area contributed by atoms with Gasteiger partial charge in [0, 0.05) is 11.3 Å². The van der Waals surface area contributed by atoms with Crippen LogP contribution in [-0.2, 0) is 4.79 Å². The predicted molar refractivity (Wildman–Crippen MR) is 66.0 cm³/mol. The maximum absolute atomic E-state index is 11.6. The summed E-state index contributed by atoms with van der Waals surface area (Å²) in [6, 6.07) is 0.0297. The van der Waals surface area contributed by atoms with Gasteiger partial charge in [-0.2, -0.15) is 11.8 Å². The summed E-state index contributed by atoms with van der Waals surface area (Å²) < 4.78 is 0. The van der Waals surface area contributed by atoms with Crippen molar-refractivity contribution in [2.45, 2.75) is 56.9 Å². The van der Waals surface area contributed by atoms with Crippen molar-refractivity contribution < 1.29 is 4.79 Å². The van der Waals surface area contributed by atoms with E-state index in [4.69, 9.17) is 5.73 Å². The van der Waals surface area contributed by atoms with Crippen molar-refractivity contribution in [1.82, 2.24) is 5.32 Å². The van der Waals surface area contributed by atoms with Gasteiger partial charge in [0.05, 0.1) is 6.04 Å². The van der Waals surface area contributed by atoms with Crippen molar-refractivity contribution >= 4 is 17.7 Å². The van der Waals surface area contributed by atoms with Gasteiger partial charge < -0.3 is 11.1 Å². The molecule has 3 atom stereocenters. The summed E-state index contributed by atoms with van der Waals surface area (Å²) in [4.78, 5) is 11.6. The summed E-state index contributed by atoms with van der Waals surface area (Å²) in [5.74, 6) is 1.18. The predicted octanol–water partition coefficient (Wildman–Crippen LogP) is 1.51. The van der Waals surface area contributed by atoms with E-state index >= 15 is 0 Å². The Balaban J connectivity index is 2.26. The molecular formula is C11H22N2OS. The summed E-state index contributed by atoms with van der Waals surface area (Å²) in [5.41, 5.74) is 5.67. The zero-order valence-corrected chi connectivity index (χ0v) is 10.5. The molecule has 1 aliphatic carbocycles. The molecule has 0 aliphatic heterocycles. The van der Waals surface area contributed by atoms with Crippen LogP contribution in [0.4, 0.5) is 0 Å². The third-order valence-corrected chi connectivity index (χ3v) is 4.14. The number of thioether (sulfide) groups is 1. The molecule has 1 fully saturated rings. The van der Waals surface area contributed by atoms with Gasteiger partial charge in [-0.15, -0.1) is 0 Å². The lowest BCUT2D eigenvalue weighted by Gasteiger charge is -2.16. The smallest absolute Gasteiger partial charge is 0.237 e. The molecule has 0 spiro atoms. The van der Waals surface area contributed by atoms with E-state index in [1.54, 1.807) is 0 Å². The first-order valence-corrected chi connectivity index (χ1v) is 6.89. The van der Waals surface area contributed by atoms with E-state index in [0.717, 1.165) is 18.1 Å². The van der Waals surface area contributed by atoms with Gasteiger partial charge in [-0.1, -0.05) is 13.8 Å². The number of nitrogens with two attached hydrogens (primary N) is 1. The van der Waals surface area contributed by atoms with Crippen LogP contribution >= 0.6 is 11.8 Å². The molecule has 0 aromatic carbocycles. The highest BCUT2D eigenvalue weighted by molar-refractivity contribution is 7.99. The Morgan fingerprint density at radius 3 is 2.87 bits per heavy atom. The SMILES string of the molecule is CCSC1CCC(NC(=O)C(N)CC)C1. The van der Waals surface area contributed by atoms with Gasteiger partial charge in [-0.3, -0.25) is 4.79 Å². The lowest BCUT2D eigenvalue weighted by Crippen LogP contribution is -2.44. The molecule has 88 valence electrons. The van der Waals surface area contributed by atoms with Gasteiger partial charge in [-0.25, -0.2) is 0 Å². The van der Waals surface area contributed by atoms with Crippen LogP contribution in [0, 0.1) is 0 Å². The monoisotopic (exact) mass is 230 g/mol. The topological polar surface area (TPSA) is 55.1 Å². The van der Waals surface area contributed by atoms with Crippen LogP contribution in [0.5, 0.6) is 0 Å². The highest BCUT2D eigenvalue weighted by Crippen LogP contribution is 2.29. The second-order valence-electron chi connectivity index (χ2n) is 4.11. The number of hydrogen-bond acceptors (Lipinski definition) is 3. The van der Waals surface area contributed by atoms with Crippen LogP contribution in [0.3, 0.4) is 0 Å². The average molecular weight is 230 g/mol. The summed E-state index contributed by atoms with van der Waals surface area (Å²) >= 11 is 2.00. The summed E-state index contributed by atoms with van der Waals surface area (Å²) in [6.07, 6.45) is 4.16. The highest BCUT2D eigenvalue weighted by Gasteiger charge is 2.26. The lowest BCUT2D eigenvalue weighted by atomic mass is 10.2. The largest absolute Gasteiger partial charge is 0.352 e. The molecule has 3 N–H and O–H groups in total. The Bertz CT molecular complexity index is 211. The second-order valence-corrected chi connectivity index (χ2v) is 5.69. The molecule has 1 saturated carbocycles. The molecule has 0 bridgehead atoms. The van der Waals surface area contributed by atoms with Crippen LogP contribution in [-0.4, -0.2) is 29.0 Å². The molecule has 1 aliphatic rings. The Kier molecular flexibility index (Phi) is 5.47. The van der Waals surface area contributed by atoms with Crippen molar-refractivity contribution in [1.29, 1.82) is 0 Å². The first-order valence-electron chi connectivity index (χ1n) is 5.84. The average Bonchev–Trinajstić information content (AvgIpc) is 2.65. The number of carbonyl (C=O) groups is 1. The molecule has 3 nitrogen and oxygen atoms in total. The maximum Gasteiger partial charge on any atom is 0.237 e. The fourth-order valence-corrected chi connectivity index (χ4v) is 3.09. The van der Waals surface area contributed by atoms with Crippen LogP contribution in [0.15, 0.2) is 0 Å². The van der Waals surface area contributed by atoms with Crippen molar-refractivity contribution in [2.75, 3.05) is 5.75 Å². The van der Waals surface area contributed by atoms with Gasteiger partial charge in [0.1, 0.15) is 0 Å². The molecule has 0 aromatic heterocycles. The minimum absolute atomic E-state index is 0.0182. The van der Waals surface area contributed by atoms with E-state index in [-0.39, 0.29) is 11.9 Å². The van der Waals surface area contributed by atoms with E-state index in [1.807, 2.05) is 18.7 Å². The molecule has 3 unspecified atom stereocenters. The molecule has 0 radical (unpaired) electrons. The van der Waals surface area contributed by atoms with Crippen LogP contribution < -0.4 is 11.1 Å². The first kappa shape index (κ1) is 12.8. The van der Waals surface area contributed by atoms with Crippen LogP contribution in [0.2, 0.25) is 0 Å². The fraction of sp³-hybridized carbons (Fsp3) is 0.909. The van der Waals surface area contributed by atoms with E-state index in [9.17, 15) is 4.79 Å². The Hall–Kier alpha value is -0.220. The van der Waals surface area contributed by atoms with Crippen molar-refractivity contribution in [3.8, 4) is 0 Å². The molecule has 0 aromatic rings. The third kappa shape index (κ3) is 4.03. The second kappa shape index (κ2) is 6.38. The zero-order chi connectivity index (χ0) is 11.3. The Morgan fingerprint density at radius 1 is 1.53 bits per heavy atom. The van der Waals surface area contributed by atoms with Gasteiger partial charge in [0.2, 0.25) is 5.91 Å². The van der Waals surface area contributed by atoms with Crippen LogP contribution in [0.1, 0.15) is 39.5 Å². The molecule has 0 heterocycles. The Morgan fingerprint density at radius 2 is 2.27 bits per heavy atom. The maximum atomic E-state index is 11.6. The highest BCUT2D eigenvalue weighted by atomic mass is 32.2. The number of hydrogen-bond donors (Lipinski definition) is 2. The van der Waals surface area contributed by atoms with E-state index in [1.165, 1.54) is 12.2 Å². The summed E-state index contributed by atoms with van der Waals surface area (Å²) in [5, 5.41) is 3.78. The lowest BCUT2D eigenvalue weighted by molar-refractivity contribution is -0.123. The molecule has 1 amide bonds. The van der Waals surface area contributed by atoms with E-state index in [0.29, 0.717) is 12.5 Å². The zero-order valence-electron chi connectivity index (χ0n) is 9.66. The van der Waals surface area contributed by atoms with Crippen molar-refractivity contribution in [3.63, 3.8) is 0 Å². The van der Waals surface area contributed by atoms with Crippen molar-refractivity contribution in [3.05, 3.63) is 0 Å². The van der Waals surface area contributed by atoms with Gasteiger partial charge in [0.25, 0.3) is 0 Å². The van der Waals surface area contributed by atoms with E-state index in [2.05, 4.69) is 12.2 Å². The fourth-order valence-electron chi connectivity index (χ4n) is 1.95.